The van der Waals surface area contributed by atoms with Crippen LogP contribution < -0.4 is 5.56 Å². The van der Waals surface area contributed by atoms with Gasteiger partial charge in [-0.3, -0.25) is 9.78 Å². The van der Waals surface area contributed by atoms with Gasteiger partial charge in [0.15, 0.2) is 6.17 Å². The smallest absolute Gasteiger partial charge is 0.272 e. The second-order valence-corrected chi connectivity index (χ2v) is 13.5. The van der Waals surface area contributed by atoms with E-state index < -0.39 is 14.2 Å². The Kier molecular flexibility index (Phi) is 5.77. The van der Waals surface area contributed by atoms with E-state index in [1.807, 2.05) is 0 Å². The number of aromatic amines is 1. The molecule has 8 heteroatoms. The molecule has 0 saturated carbocycles. The first-order valence-corrected chi connectivity index (χ1v) is 12.8. The molecule has 0 amide bonds. The first-order valence-electron chi connectivity index (χ1n) is 9.08. The molecule has 0 aromatic carbocycles. The molecule has 146 valence electrons. The topological polar surface area (TPSA) is 83.7 Å². The molecule has 0 bridgehead atoms. The molecule has 3 aromatic rings. The molecule has 0 spiro atoms. The van der Waals surface area contributed by atoms with E-state index in [0.29, 0.717) is 17.6 Å². The van der Waals surface area contributed by atoms with E-state index in [1.165, 1.54) is 17.0 Å². The summed E-state index contributed by atoms with van der Waals surface area (Å²) in [5, 5.41) is 9.79. The Hall–Kier alpha value is -2.76. The van der Waals surface area contributed by atoms with Gasteiger partial charge in [-0.15, -0.1) is 0 Å². The van der Waals surface area contributed by atoms with Crippen molar-refractivity contribution < 1.29 is 9.13 Å². The molecule has 3 rings (SSSR count). The summed E-state index contributed by atoms with van der Waals surface area (Å²) < 4.78 is 22.6. The maximum absolute atomic E-state index is 15.3. The highest BCUT2D eigenvalue weighted by atomic mass is 28.3. The molecule has 0 aliphatic carbocycles. The minimum absolute atomic E-state index is 0.0436. The maximum atomic E-state index is 15.3. The Morgan fingerprint density at radius 3 is 2.86 bits per heavy atom. The molecule has 1 atom stereocenters. The number of fused-ring (bicyclic) bond motifs is 1. The molecular formula is C20H23FN4O2Si. The predicted octanol–water partition coefficient (Wildman–Crippen LogP) is 3.97. The number of nitrogens with zero attached hydrogens (tertiary/aromatic N) is 3. The number of halogens is 1. The van der Waals surface area contributed by atoms with E-state index in [-0.39, 0.29) is 29.1 Å². The zero-order chi connectivity index (χ0) is 20.3. The van der Waals surface area contributed by atoms with E-state index >= 15 is 4.39 Å². The second kappa shape index (κ2) is 8.08. The number of nitrogens with one attached hydrogen (secondary N) is 1. The number of hydrogen-bond acceptors (Lipinski definition) is 4. The van der Waals surface area contributed by atoms with Crippen LogP contribution in [0.15, 0.2) is 41.6 Å². The molecule has 0 aliphatic rings. The van der Waals surface area contributed by atoms with Crippen LogP contribution in [0.2, 0.25) is 25.7 Å². The third kappa shape index (κ3) is 4.21. The van der Waals surface area contributed by atoms with Crippen LogP contribution in [0.4, 0.5) is 4.39 Å². The van der Waals surface area contributed by atoms with Gasteiger partial charge in [0.25, 0.3) is 5.56 Å². The van der Waals surface area contributed by atoms with Crippen molar-refractivity contribution in [1.29, 1.82) is 5.26 Å². The lowest BCUT2D eigenvalue weighted by molar-refractivity contribution is 0.0861. The van der Waals surface area contributed by atoms with Crippen LogP contribution in [0.5, 0.6) is 0 Å². The number of hydrogen-bond donors (Lipinski definition) is 1. The van der Waals surface area contributed by atoms with Crippen LogP contribution in [0, 0.1) is 11.3 Å². The zero-order valence-corrected chi connectivity index (χ0v) is 17.2. The predicted molar refractivity (Wildman–Crippen MR) is 109 cm³/mol. The van der Waals surface area contributed by atoms with Gasteiger partial charge in [0.05, 0.1) is 11.3 Å². The summed E-state index contributed by atoms with van der Waals surface area (Å²) in [6, 6.07) is 7.87. The van der Waals surface area contributed by atoms with Gasteiger partial charge < -0.3 is 14.3 Å². The molecule has 1 unspecified atom stereocenters. The van der Waals surface area contributed by atoms with Crippen molar-refractivity contribution in [3.8, 4) is 6.07 Å². The molecular weight excluding hydrogens is 375 g/mol. The zero-order valence-electron chi connectivity index (χ0n) is 16.2. The summed E-state index contributed by atoms with van der Waals surface area (Å²) in [7, 11) is -1.27. The maximum Gasteiger partial charge on any atom is 0.272 e. The summed E-state index contributed by atoms with van der Waals surface area (Å²) in [5.74, 6) is 0. The summed E-state index contributed by atoms with van der Waals surface area (Å²) >= 11 is 0. The molecule has 0 fully saturated rings. The SMILES string of the molecule is C[Si](C)(C)CCOCn1c(C(F)c2cccnc2)cc2c(C#N)c[nH]c(=O)c21. The van der Waals surface area contributed by atoms with E-state index in [4.69, 9.17) is 4.74 Å². The highest BCUT2D eigenvalue weighted by Gasteiger charge is 2.23. The summed E-state index contributed by atoms with van der Waals surface area (Å²) in [5.41, 5.74) is 0.795. The Balaban J connectivity index is 2.05. The van der Waals surface area contributed by atoms with E-state index in [0.717, 1.165) is 6.04 Å². The first-order chi connectivity index (χ1) is 13.3. The van der Waals surface area contributed by atoms with Crippen LogP contribution in [-0.4, -0.2) is 29.2 Å². The van der Waals surface area contributed by atoms with Crippen molar-refractivity contribution in [2.24, 2.45) is 0 Å². The van der Waals surface area contributed by atoms with Gasteiger partial charge in [-0.25, -0.2) is 4.39 Å². The van der Waals surface area contributed by atoms with Gasteiger partial charge in [0.2, 0.25) is 0 Å². The highest BCUT2D eigenvalue weighted by Crippen LogP contribution is 2.31. The van der Waals surface area contributed by atoms with Gasteiger partial charge in [0, 0.05) is 44.2 Å². The average molecular weight is 399 g/mol. The highest BCUT2D eigenvalue weighted by molar-refractivity contribution is 6.76. The fraction of sp³-hybridized carbons (Fsp3) is 0.350. The largest absolute Gasteiger partial charge is 0.361 e. The summed E-state index contributed by atoms with van der Waals surface area (Å²) in [4.78, 5) is 19.0. The lowest BCUT2D eigenvalue weighted by Crippen LogP contribution is -2.22. The molecule has 0 saturated heterocycles. The first kappa shape index (κ1) is 20.0. The van der Waals surface area contributed by atoms with Crippen molar-refractivity contribution in [2.75, 3.05) is 6.61 Å². The molecule has 1 N–H and O–H groups in total. The fourth-order valence-corrected chi connectivity index (χ4v) is 3.73. The Morgan fingerprint density at radius 1 is 1.43 bits per heavy atom. The second-order valence-electron chi connectivity index (χ2n) is 7.90. The third-order valence-corrected chi connectivity index (χ3v) is 6.26. The number of ether oxygens (including phenoxy) is 1. The van der Waals surface area contributed by atoms with Crippen molar-refractivity contribution in [3.63, 3.8) is 0 Å². The molecule has 0 aliphatic heterocycles. The van der Waals surface area contributed by atoms with Gasteiger partial charge in [-0.05, 0) is 18.2 Å². The van der Waals surface area contributed by atoms with Crippen molar-refractivity contribution in [1.82, 2.24) is 14.5 Å². The quantitative estimate of drug-likeness (QED) is 0.482. The summed E-state index contributed by atoms with van der Waals surface area (Å²) in [6.45, 7) is 7.32. The number of pyridine rings is 2. The van der Waals surface area contributed by atoms with Gasteiger partial charge in [-0.2, -0.15) is 5.26 Å². The Morgan fingerprint density at radius 2 is 2.21 bits per heavy atom. The number of H-pyrrole nitrogens is 1. The Labute approximate surface area is 163 Å². The molecule has 3 heterocycles. The number of rotatable bonds is 7. The minimum Gasteiger partial charge on any atom is -0.361 e. The normalized spacial score (nSPS) is 12.8. The molecule has 3 aromatic heterocycles. The van der Waals surface area contributed by atoms with E-state index in [1.54, 1.807) is 24.4 Å². The van der Waals surface area contributed by atoms with Crippen molar-refractivity contribution >= 4 is 19.0 Å². The lowest BCUT2D eigenvalue weighted by Gasteiger charge is -2.17. The molecule has 0 radical (unpaired) electrons. The van der Waals surface area contributed by atoms with Crippen LogP contribution in [-0.2, 0) is 11.5 Å². The van der Waals surface area contributed by atoms with E-state index in [2.05, 4.69) is 35.7 Å². The summed E-state index contributed by atoms with van der Waals surface area (Å²) in [6.07, 6.45) is 2.88. The molecule has 6 nitrogen and oxygen atoms in total. The molecule has 28 heavy (non-hydrogen) atoms. The fourth-order valence-electron chi connectivity index (χ4n) is 2.98. The van der Waals surface area contributed by atoms with E-state index in [9.17, 15) is 10.1 Å². The van der Waals surface area contributed by atoms with Crippen molar-refractivity contribution in [3.05, 3.63) is 64.0 Å². The lowest BCUT2D eigenvalue weighted by atomic mass is 10.1. The van der Waals surface area contributed by atoms with Crippen molar-refractivity contribution in [2.45, 2.75) is 38.6 Å². The van der Waals surface area contributed by atoms with Crippen LogP contribution in [0.3, 0.4) is 0 Å². The van der Waals surface area contributed by atoms with Gasteiger partial charge >= 0.3 is 0 Å². The monoisotopic (exact) mass is 398 g/mol. The number of aromatic nitrogens is 3. The standard InChI is InChI=1S/C20H23FN4O2Si/c1-28(2,3)8-7-27-13-25-17(18(21)14-5-4-6-23-11-14)9-16-15(10-22)12-24-20(26)19(16)25/h4-6,9,11-12,18H,7-8,13H2,1-3H3,(H,24,26). The Bertz CT molecular complexity index is 1060. The van der Waals surface area contributed by atoms with Gasteiger partial charge in [0.1, 0.15) is 18.3 Å². The van der Waals surface area contributed by atoms with Crippen LogP contribution >= 0.6 is 0 Å². The third-order valence-electron chi connectivity index (χ3n) is 4.56. The minimum atomic E-state index is -1.49. The van der Waals surface area contributed by atoms with Gasteiger partial charge in [-0.1, -0.05) is 25.7 Å². The number of alkyl halides is 1. The van der Waals surface area contributed by atoms with Crippen LogP contribution in [0.25, 0.3) is 10.9 Å². The average Bonchev–Trinajstić information content (AvgIpc) is 3.05. The van der Waals surface area contributed by atoms with Crippen LogP contribution in [0.1, 0.15) is 23.0 Å². The number of nitriles is 1.